The van der Waals surface area contributed by atoms with E-state index in [9.17, 15) is 0 Å². The van der Waals surface area contributed by atoms with Gasteiger partial charge >= 0.3 is 0 Å². The van der Waals surface area contributed by atoms with Crippen molar-refractivity contribution in [3.8, 4) is 0 Å². The number of hydrogen-bond donors (Lipinski definition) is 1. The Morgan fingerprint density at radius 1 is 1.08 bits per heavy atom. The lowest BCUT2D eigenvalue weighted by Gasteiger charge is -2.04. The van der Waals surface area contributed by atoms with Gasteiger partial charge in [-0.3, -0.25) is 4.98 Å². The fraction of sp³-hybridized carbons (Fsp3) is 0.545. The first-order valence-electron chi connectivity index (χ1n) is 4.66. The molecule has 1 rings (SSSR count). The molecule has 2 heteroatoms. The van der Waals surface area contributed by atoms with Gasteiger partial charge in [-0.2, -0.15) is 0 Å². The molecule has 0 spiro atoms. The van der Waals surface area contributed by atoms with Gasteiger partial charge in [0.15, 0.2) is 0 Å². The molecule has 1 N–H and O–H groups in total. The molecule has 0 aliphatic carbocycles. The minimum absolute atomic E-state index is 0.125. The predicted molar refractivity (Wildman–Crippen MR) is 55.4 cm³/mol. The van der Waals surface area contributed by atoms with Gasteiger partial charge in [0.05, 0.1) is 6.10 Å². The van der Waals surface area contributed by atoms with Crippen molar-refractivity contribution in [1.82, 2.24) is 4.98 Å². The number of pyridine rings is 1. The van der Waals surface area contributed by atoms with Crippen LogP contribution in [-0.4, -0.2) is 16.2 Å². The molecule has 0 saturated carbocycles. The highest BCUT2D eigenvalue weighted by molar-refractivity contribution is 4.88. The van der Waals surface area contributed by atoms with E-state index in [2.05, 4.69) is 18.8 Å². The highest BCUT2D eigenvalue weighted by atomic mass is 16.3. The molecule has 0 fully saturated rings. The summed E-state index contributed by atoms with van der Waals surface area (Å²) in [5.74, 6) is 0.625. The maximum absolute atomic E-state index is 8.72. The number of nitrogens with zero attached hydrogens (tertiary/aromatic N) is 1. The van der Waals surface area contributed by atoms with Crippen LogP contribution < -0.4 is 0 Å². The van der Waals surface area contributed by atoms with E-state index in [4.69, 9.17) is 5.11 Å². The monoisotopic (exact) mass is 181 g/mol. The Kier molecular flexibility index (Phi) is 7.21. The van der Waals surface area contributed by atoms with Gasteiger partial charge in [-0.15, -0.1) is 0 Å². The van der Waals surface area contributed by atoms with Crippen molar-refractivity contribution in [2.24, 2.45) is 5.92 Å². The quantitative estimate of drug-likeness (QED) is 0.760. The van der Waals surface area contributed by atoms with Crippen molar-refractivity contribution in [3.05, 3.63) is 30.6 Å². The van der Waals surface area contributed by atoms with Gasteiger partial charge in [-0.05, 0) is 31.4 Å². The van der Waals surface area contributed by atoms with Crippen LogP contribution in [0.3, 0.4) is 0 Å². The third kappa shape index (κ3) is 11.1. The lowest BCUT2D eigenvalue weighted by molar-refractivity contribution is 0.168. The summed E-state index contributed by atoms with van der Waals surface area (Å²) in [6.45, 7) is 6.03. The Morgan fingerprint density at radius 3 is 1.69 bits per heavy atom. The fourth-order valence-electron chi connectivity index (χ4n) is 0.995. The summed E-state index contributed by atoms with van der Waals surface area (Å²) in [5, 5.41) is 8.72. The van der Waals surface area contributed by atoms with Gasteiger partial charge < -0.3 is 5.11 Å². The molecule has 1 aromatic rings. The molecule has 0 amide bonds. The molecular formula is C11H19NO. The van der Waals surface area contributed by atoms with Gasteiger partial charge in [0.1, 0.15) is 0 Å². The topological polar surface area (TPSA) is 33.1 Å². The molecule has 2 nitrogen and oxygen atoms in total. The maximum atomic E-state index is 8.72. The molecular weight excluding hydrogens is 162 g/mol. The van der Waals surface area contributed by atoms with E-state index >= 15 is 0 Å². The lowest BCUT2D eigenvalue weighted by atomic mass is 10.1. The maximum Gasteiger partial charge on any atom is 0.0514 e. The summed E-state index contributed by atoms with van der Waals surface area (Å²) < 4.78 is 0. The highest BCUT2D eigenvalue weighted by Gasteiger charge is 1.97. The fourth-order valence-corrected chi connectivity index (χ4v) is 0.995. The number of aliphatic hydroxyl groups excluding tert-OH is 1. The Morgan fingerprint density at radius 2 is 1.62 bits per heavy atom. The Balaban J connectivity index is 0.000000223. The third-order valence-corrected chi connectivity index (χ3v) is 1.38. The van der Waals surface area contributed by atoms with Crippen LogP contribution in [0.15, 0.2) is 30.6 Å². The zero-order valence-electron chi connectivity index (χ0n) is 8.64. The van der Waals surface area contributed by atoms with Gasteiger partial charge in [-0.1, -0.05) is 19.9 Å². The van der Waals surface area contributed by atoms with Crippen LogP contribution in [0.4, 0.5) is 0 Å². The molecule has 0 aliphatic heterocycles. The van der Waals surface area contributed by atoms with Crippen molar-refractivity contribution in [3.63, 3.8) is 0 Å². The largest absolute Gasteiger partial charge is 0.393 e. The highest BCUT2D eigenvalue weighted by Crippen LogP contribution is 2.01. The van der Waals surface area contributed by atoms with Crippen LogP contribution in [0.2, 0.25) is 0 Å². The minimum atomic E-state index is -0.125. The van der Waals surface area contributed by atoms with E-state index in [1.54, 1.807) is 12.4 Å². The van der Waals surface area contributed by atoms with Gasteiger partial charge in [0.25, 0.3) is 0 Å². The first-order valence-corrected chi connectivity index (χ1v) is 4.66. The molecule has 74 valence electrons. The van der Waals surface area contributed by atoms with Crippen molar-refractivity contribution < 1.29 is 5.11 Å². The molecule has 13 heavy (non-hydrogen) atoms. The lowest BCUT2D eigenvalue weighted by Crippen LogP contribution is -2.03. The molecule has 1 aromatic heterocycles. The Labute approximate surface area is 80.6 Å². The van der Waals surface area contributed by atoms with Gasteiger partial charge in [-0.25, -0.2) is 0 Å². The first kappa shape index (κ1) is 12.1. The van der Waals surface area contributed by atoms with Crippen LogP contribution >= 0.6 is 0 Å². The van der Waals surface area contributed by atoms with E-state index in [0.717, 1.165) is 6.42 Å². The Bertz CT molecular complexity index is 152. The summed E-state index contributed by atoms with van der Waals surface area (Å²) in [5.41, 5.74) is 0. The second-order valence-corrected chi connectivity index (χ2v) is 3.50. The SMILES string of the molecule is CC(C)CC(C)O.c1ccncc1. The van der Waals surface area contributed by atoms with Crippen LogP contribution in [0.25, 0.3) is 0 Å². The molecule has 1 unspecified atom stereocenters. The van der Waals surface area contributed by atoms with Crippen molar-refractivity contribution in [1.29, 1.82) is 0 Å². The van der Waals surface area contributed by atoms with Crippen molar-refractivity contribution in [2.75, 3.05) is 0 Å². The predicted octanol–water partition coefficient (Wildman–Crippen LogP) is 2.49. The molecule has 0 radical (unpaired) electrons. The molecule has 0 aromatic carbocycles. The molecule has 0 aliphatic rings. The van der Waals surface area contributed by atoms with E-state index in [1.807, 2.05) is 25.1 Å². The van der Waals surface area contributed by atoms with Crippen LogP contribution in [0.5, 0.6) is 0 Å². The normalized spacial score (nSPS) is 11.8. The minimum Gasteiger partial charge on any atom is -0.393 e. The summed E-state index contributed by atoms with van der Waals surface area (Å²) >= 11 is 0. The van der Waals surface area contributed by atoms with Crippen LogP contribution in [0, 0.1) is 5.92 Å². The Hall–Kier alpha value is -0.890. The van der Waals surface area contributed by atoms with E-state index < -0.39 is 0 Å². The zero-order valence-corrected chi connectivity index (χ0v) is 8.64. The third-order valence-electron chi connectivity index (χ3n) is 1.38. The zero-order chi connectivity index (χ0) is 10.1. The smallest absolute Gasteiger partial charge is 0.0514 e. The van der Waals surface area contributed by atoms with E-state index in [1.165, 1.54) is 0 Å². The molecule has 1 atom stereocenters. The second kappa shape index (κ2) is 7.74. The van der Waals surface area contributed by atoms with Crippen molar-refractivity contribution in [2.45, 2.75) is 33.3 Å². The van der Waals surface area contributed by atoms with Crippen LogP contribution in [-0.2, 0) is 0 Å². The molecule has 1 heterocycles. The average molecular weight is 181 g/mol. The number of aliphatic hydroxyl groups is 1. The van der Waals surface area contributed by atoms with Gasteiger partial charge in [0.2, 0.25) is 0 Å². The summed E-state index contributed by atoms with van der Waals surface area (Å²) in [4.78, 5) is 3.78. The summed E-state index contributed by atoms with van der Waals surface area (Å²) in [7, 11) is 0. The summed E-state index contributed by atoms with van der Waals surface area (Å²) in [6, 6.07) is 5.72. The summed E-state index contributed by atoms with van der Waals surface area (Å²) in [6.07, 6.45) is 4.29. The van der Waals surface area contributed by atoms with Gasteiger partial charge in [0, 0.05) is 12.4 Å². The number of hydrogen-bond acceptors (Lipinski definition) is 2. The second-order valence-electron chi connectivity index (χ2n) is 3.50. The number of rotatable bonds is 2. The molecule has 0 saturated heterocycles. The standard InChI is InChI=1S/C6H14O.C5H5N/c1-5(2)4-6(3)7;1-2-4-6-5-3-1/h5-7H,4H2,1-3H3;1-5H. The van der Waals surface area contributed by atoms with Crippen LogP contribution in [0.1, 0.15) is 27.2 Å². The van der Waals surface area contributed by atoms with Crippen molar-refractivity contribution >= 4 is 0 Å². The average Bonchev–Trinajstić information content (AvgIpc) is 2.06. The number of aromatic nitrogens is 1. The van der Waals surface area contributed by atoms with E-state index in [0.29, 0.717) is 5.92 Å². The molecule has 0 bridgehead atoms. The first-order chi connectivity index (χ1) is 6.13. The van der Waals surface area contributed by atoms with E-state index in [-0.39, 0.29) is 6.10 Å².